The minimum atomic E-state index is -0.529. The molecule has 1 atom stereocenters. The molecule has 0 bridgehead atoms. The van der Waals surface area contributed by atoms with Crippen molar-refractivity contribution in [1.82, 2.24) is 20.6 Å². The fraction of sp³-hybridized carbons (Fsp3) is 0.389. The second-order valence-corrected chi connectivity index (χ2v) is 6.45. The first kappa shape index (κ1) is 17.2. The Morgan fingerprint density at radius 1 is 1.32 bits per heavy atom. The number of benzene rings is 1. The molecule has 1 unspecified atom stereocenters. The van der Waals surface area contributed by atoms with Crippen molar-refractivity contribution in [2.24, 2.45) is 0 Å². The largest absolute Gasteiger partial charge is 0.348 e. The second-order valence-electron chi connectivity index (χ2n) is 6.45. The monoisotopic (exact) mass is 342 g/mol. The van der Waals surface area contributed by atoms with E-state index in [-0.39, 0.29) is 18.5 Å². The molecule has 0 radical (unpaired) electrons. The van der Waals surface area contributed by atoms with Crippen LogP contribution in [0.2, 0.25) is 0 Å². The molecule has 0 fully saturated rings. The van der Waals surface area contributed by atoms with Crippen LogP contribution in [0.5, 0.6) is 0 Å². The fourth-order valence-electron chi connectivity index (χ4n) is 3.38. The van der Waals surface area contributed by atoms with Crippen molar-refractivity contribution in [3.8, 4) is 0 Å². The fourth-order valence-corrected chi connectivity index (χ4v) is 3.38. The lowest BCUT2D eigenvalue weighted by Gasteiger charge is -2.27. The Morgan fingerprint density at radius 3 is 2.80 bits per heavy atom. The van der Waals surface area contributed by atoms with Crippen LogP contribution in [0.25, 0.3) is 0 Å². The molecule has 2 amide bonds. The third-order valence-electron chi connectivity index (χ3n) is 4.55. The minimum absolute atomic E-state index is 0.0700. The van der Waals surface area contributed by atoms with E-state index in [1.54, 1.807) is 22.3 Å². The van der Waals surface area contributed by atoms with E-state index in [1.807, 2.05) is 26.0 Å². The zero-order valence-corrected chi connectivity index (χ0v) is 14.4. The molecule has 3 N–H and O–H groups in total. The quantitative estimate of drug-likeness (QED) is 0.583. The Labute approximate surface area is 146 Å². The Balaban J connectivity index is 1.73. The number of hydroxylamine groups is 1. The molecular weight excluding hydrogens is 320 g/mol. The lowest BCUT2D eigenvalue weighted by atomic mass is 9.86. The first-order chi connectivity index (χ1) is 12.0. The van der Waals surface area contributed by atoms with Crippen LogP contribution in [-0.4, -0.2) is 26.8 Å². The van der Waals surface area contributed by atoms with E-state index >= 15 is 0 Å². The maximum Gasteiger partial charge on any atom is 0.274 e. The minimum Gasteiger partial charge on any atom is -0.348 e. The van der Waals surface area contributed by atoms with E-state index < -0.39 is 5.91 Å². The van der Waals surface area contributed by atoms with Crippen molar-refractivity contribution in [1.29, 1.82) is 0 Å². The molecule has 0 saturated heterocycles. The van der Waals surface area contributed by atoms with Crippen LogP contribution >= 0.6 is 0 Å². The van der Waals surface area contributed by atoms with Gasteiger partial charge in [0.05, 0.1) is 11.7 Å². The van der Waals surface area contributed by atoms with Gasteiger partial charge in [0.25, 0.3) is 5.91 Å². The molecule has 0 aliphatic heterocycles. The first-order valence-corrected chi connectivity index (χ1v) is 8.35. The van der Waals surface area contributed by atoms with E-state index in [0.717, 1.165) is 41.8 Å². The van der Waals surface area contributed by atoms with Gasteiger partial charge in [0, 0.05) is 11.3 Å². The van der Waals surface area contributed by atoms with Gasteiger partial charge in [0.15, 0.2) is 0 Å². The Morgan fingerprint density at radius 2 is 2.12 bits per heavy atom. The summed E-state index contributed by atoms with van der Waals surface area (Å²) >= 11 is 0. The van der Waals surface area contributed by atoms with E-state index in [0.29, 0.717) is 5.56 Å². The summed E-state index contributed by atoms with van der Waals surface area (Å²) in [7, 11) is 0. The Hall–Kier alpha value is -2.67. The number of hydrogen-bond acceptors (Lipinski definition) is 4. The van der Waals surface area contributed by atoms with Gasteiger partial charge in [-0.1, -0.05) is 6.07 Å². The van der Waals surface area contributed by atoms with Crippen LogP contribution in [0.15, 0.2) is 24.3 Å². The highest BCUT2D eigenvalue weighted by Crippen LogP contribution is 2.30. The molecule has 7 nitrogen and oxygen atoms in total. The number of rotatable bonds is 4. The second kappa shape index (κ2) is 7.06. The number of fused-ring (bicyclic) bond motifs is 1. The molecular formula is C18H22N4O3. The molecule has 2 aromatic rings. The van der Waals surface area contributed by atoms with Gasteiger partial charge in [0.2, 0.25) is 5.91 Å². The van der Waals surface area contributed by atoms with Crippen molar-refractivity contribution in [3.63, 3.8) is 0 Å². The molecule has 0 saturated carbocycles. The lowest BCUT2D eigenvalue weighted by Crippen LogP contribution is -2.34. The van der Waals surface area contributed by atoms with Gasteiger partial charge in [-0.05, 0) is 62.4 Å². The van der Waals surface area contributed by atoms with Crippen molar-refractivity contribution in [2.75, 3.05) is 0 Å². The number of hydrogen-bond donors (Lipinski definition) is 3. The average molecular weight is 342 g/mol. The summed E-state index contributed by atoms with van der Waals surface area (Å²) in [6, 6.07) is 7.17. The topological polar surface area (TPSA) is 96.2 Å². The summed E-state index contributed by atoms with van der Waals surface area (Å²) in [6.07, 6.45) is 2.65. The Bertz CT molecular complexity index is 813. The van der Waals surface area contributed by atoms with E-state index in [9.17, 15) is 9.59 Å². The van der Waals surface area contributed by atoms with Crippen molar-refractivity contribution >= 4 is 11.8 Å². The van der Waals surface area contributed by atoms with Crippen LogP contribution in [0, 0.1) is 13.8 Å². The first-order valence-electron chi connectivity index (χ1n) is 8.35. The summed E-state index contributed by atoms with van der Waals surface area (Å²) in [5, 5.41) is 16.2. The SMILES string of the molecule is Cc1cc(C)n(CC(=O)NC2CCCc3cc(C(=O)NO)ccc32)n1. The van der Waals surface area contributed by atoms with E-state index in [4.69, 9.17) is 5.21 Å². The Kier molecular flexibility index (Phi) is 4.85. The summed E-state index contributed by atoms with van der Waals surface area (Å²) < 4.78 is 1.70. The highest BCUT2D eigenvalue weighted by molar-refractivity contribution is 5.93. The van der Waals surface area contributed by atoms with E-state index in [2.05, 4.69) is 10.4 Å². The van der Waals surface area contributed by atoms with Crippen LogP contribution in [-0.2, 0) is 17.8 Å². The smallest absolute Gasteiger partial charge is 0.274 e. The highest BCUT2D eigenvalue weighted by Gasteiger charge is 2.23. The van der Waals surface area contributed by atoms with Gasteiger partial charge < -0.3 is 5.32 Å². The number of nitrogens with one attached hydrogen (secondary N) is 2. The van der Waals surface area contributed by atoms with Crippen LogP contribution in [0.4, 0.5) is 0 Å². The zero-order valence-electron chi connectivity index (χ0n) is 14.4. The number of carbonyl (C=O) groups excluding carboxylic acids is 2. The normalized spacial score (nSPS) is 16.2. The zero-order chi connectivity index (χ0) is 18.0. The van der Waals surface area contributed by atoms with Crippen molar-refractivity contribution in [2.45, 2.75) is 45.7 Å². The number of aryl methyl sites for hydroxylation is 3. The maximum absolute atomic E-state index is 12.4. The maximum atomic E-state index is 12.4. The van der Waals surface area contributed by atoms with Gasteiger partial charge in [-0.3, -0.25) is 19.5 Å². The number of aromatic nitrogens is 2. The molecule has 132 valence electrons. The molecule has 1 aromatic heterocycles. The third-order valence-corrected chi connectivity index (χ3v) is 4.55. The van der Waals surface area contributed by atoms with Crippen LogP contribution < -0.4 is 10.8 Å². The molecule has 7 heteroatoms. The molecule has 1 aliphatic carbocycles. The molecule has 1 aliphatic rings. The van der Waals surface area contributed by atoms with Crippen LogP contribution in [0.1, 0.15) is 51.8 Å². The van der Waals surface area contributed by atoms with Crippen molar-refractivity contribution < 1.29 is 14.8 Å². The van der Waals surface area contributed by atoms with Gasteiger partial charge in [-0.15, -0.1) is 0 Å². The van der Waals surface area contributed by atoms with Crippen molar-refractivity contribution in [3.05, 3.63) is 52.3 Å². The summed E-state index contributed by atoms with van der Waals surface area (Å²) in [5.41, 5.74) is 5.97. The summed E-state index contributed by atoms with van der Waals surface area (Å²) in [5.74, 6) is -0.611. The number of carbonyl (C=O) groups is 2. The third kappa shape index (κ3) is 3.71. The van der Waals surface area contributed by atoms with Gasteiger partial charge in [0.1, 0.15) is 6.54 Å². The predicted octanol–water partition coefficient (Wildman–Crippen LogP) is 1.81. The number of nitrogens with zero attached hydrogens (tertiary/aromatic N) is 2. The molecule has 25 heavy (non-hydrogen) atoms. The predicted molar refractivity (Wildman–Crippen MR) is 91.2 cm³/mol. The highest BCUT2D eigenvalue weighted by atomic mass is 16.5. The molecule has 3 rings (SSSR count). The molecule has 0 spiro atoms. The average Bonchev–Trinajstić information content (AvgIpc) is 2.91. The lowest BCUT2D eigenvalue weighted by molar-refractivity contribution is -0.122. The van der Waals surface area contributed by atoms with Gasteiger partial charge in [-0.2, -0.15) is 5.10 Å². The number of amides is 2. The standard InChI is InChI=1S/C18H22N4O3/c1-11-8-12(2)22(20-11)10-17(23)19-16-5-3-4-13-9-14(18(24)21-25)6-7-15(13)16/h6-9,16,25H,3-5,10H2,1-2H3,(H,19,23)(H,21,24). The van der Waals surface area contributed by atoms with E-state index in [1.165, 1.54) is 0 Å². The molecule has 1 heterocycles. The molecule has 1 aromatic carbocycles. The van der Waals surface area contributed by atoms with Gasteiger partial charge in [-0.25, -0.2) is 5.48 Å². The summed E-state index contributed by atoms with van der Waals surface area (Å²) in [4.78, 5) is 24.0. The summed E-state index contributed by atoms with van der Waals surface area (Å²) in [6.45, 7) is 4.02. The van der Waals surface area contributed by atoms with Crippen LogP contribution in [0.3, 0.4) is 0 Å². The van der Waals surface area contributed by atoms with Gasteiger partial charge >= 0.3 is 0 Å².